The number of rotatable bonds is 5. The van der Waals surface area contributed by atoms with Crippen LogP contribution < -0.4 is 15.0 Å². The van der Waals surface area contributed by atoms with Crippen LogP contribution >= 0.6 is 0 Å². The van der Waals surface area contributed by atoms with Crippen LogP contribution in [0.25, 0.3) is 0 Å². The van der Waals surface area contributed by atoms with E-state index < -0.39 is 0 Å². The van der Waals surface area contributed by atoms with Crippen LogP contribution in [0.4, 0.5) is 5.69 Å². The predicted octanol–water partition coefficient (Wildman–Crippen LogP) is 2.97. The molecule has 1 aromatic rings. The Hall–Kier alpha value is -1.22. The summed E-state index contributed by atoms with van der Waals surface area (Å²) in [5, 5.41) is 3.45. The normalized spacial score (nSPS) is 16.2. The van der Waals surface area contributed by atoms with E-state index in [1.165, 1.54) is 24.1 Å². The highest BCUT2D eigenvalue weighted by atomic mass is 16.5. The van der Waals surface area contributed by atoms with Crippen molar-refractivity contribution in [3.63, 3.8) is 0 Å². The highest BCUT2D eigenvalue weighted by Gasteiger charge is 2.14. The molecule has 0 saturated carbocycles. The summed E-state index contributed by atoms with van der Waals surface area (Å²) >= 11 is 0. The molecule has 1 saturated heterocycles. The average Bonchev–Trinajstić information content (AvgIpc) is 2.69. The zero-order valence-electron chi connectivity index (χ0n) is 12.2. The SMILES string of the molecule is CCCCOc1ccc(C)cc1N1CCCNCC1. The molecule has 0 bridgehead atoms. The molecule has 1 aliphatic heterocycles. The van der Waals surface area contributed by atoms with Crippen molar-refractivity contribution in [1.82, 2.24) is 5.32 Å². The Morgan fingerprint density at radius 1 is 1.26 bits per heavy atom. The third kappa shape index (κ3) is 4.13. The topological polar surface area (TPSA) is 24.5 Å². The summed E-state index contributed by atoms with van der Waals surface area (Å²) in [6.07, 6.45) is 3.49. The molecule has 1 aromatic carbocycles. The van der Waals surface area contributed by atoms with Gasteiger partial charge < -0.3 is 15.0 Å². The lowest BCUT2D eigenvalue weighted by Crippen LogP contribution is -2.28. The molecule has 1 N–H and O–H groups in total. The molecule has 0 aromatic heterocycles. The van der Waals surface area contributed by atoms with Crippen molar-refractivity contribution in [3.05, 3.63) is 23.8 Å². The molecule has 2 rings (SSSR count). The van der Waals surface area contributed by atoms with E-state index in [0.717, 1.165) is 45.0 Å². The minimum atomic E-state index is 0.818. The zero-order valence-corrected chi connectivity index (χ0v) is 12.2. The van der Waals surface area contributed by atoms with Crippen LogP contribution in [-0.2, 0) is 0 Å². The Balaban J connectivity index is 2.13. The number of nitrogens with one attached hydrogen (secondary N) is 1. The Kier molecular flexibility index (Phi) is 5.52. The highest BCUT2D eigenvalue weighted by molar-refractivity contribution is 5.60. The van der Waals surface area contributed by atoms with E-state index in [0.29, 0.717) is 0 Å². The van der Waals surface area contributed by atoms with E-state index >= 15 is 0 Å². The van der Waals surface area contributed by atoms with Gasteiger partial charge in [-0.25, -0.2) is 0 Å². The molecule has 0 spiro atoms. The largest absolute Gasteiger partial charge is 0.491 e. The number of anilines is 1. The van der Waals surface area contributed by atoms with Crippen LogP contribution in [0.2, 0.25) is 0 Å². The lowest BCUT2D eigenvalue weighted by Gasteiger charge is -2.25. The first-order chi connectivity index (χ1) is 9.31. The molecular weight excluding hydrogens is 236 g/mol. The van der Waals surface area contributed by atoms with Gasteiger partial charge in [0.05, 0.1) is 12.3 Å². The van der Waals surface area contributed by atoms with Gasteiger partial charge >= 0.3 is 0 Å². The van der Waals surface area contributed by atoms with E-state index in [-0.39, 0.29) is 0 Å². The van der Waals surface area contributed by atoms with E-state index in [2.05, 4.69) is 42.3 Å². The average molecular weight is 262 g/mol. The second-order valence-corrected chi connectivity index (χ2v) is 5.26. The number of ether oxygens (including phenoxy) is 1. The van der Waals surface area contributed by atoms with Crippen LogP contribution in [0.1, 0.15) is 31.7 Å². The summed E-state index contributed by atoms with van der Waals surface area (Å²) in [7, 11) is 0. The summed E-state index contributed by atoms with van der Waals surface area (Å²) in [4.78, 5) is 2.45. The Morgan fingerprint density at radius 3 is 3.00 bits per heavy atom. The molecule has 3 heteroatoms. The molecule has 0 amide bonds. The predicted molar refractivity (Wildman–Crippen MR) is 81.3 cm³/mol. The summed E-state index contributed by atoms with van der Waals surface area (Å²) in [6.45, 7) is 9.51. The van der Waals surface area contributed by atoms with Crippen molar-refractivity contribution in [2.75, 3.05) is 37.7 Å². The number of aryl methyl sites for hydroxylation is 1. The second kappa shape index (κ2) is 7.39. The van der Waals surface area contributed by atoms with Crippen molar-refractivity contribution in [2.24, 2.45) is 0 Å². The van der Waals surface area contributed by atoms with Gasteiger partial charge in [-0.2, -0.15) is 0 Å². The van der Waals surface area contributed by atoms with Gasteiger partial charge in [0.1, 0.15) is 5.75 Å². The third-order valence-electron chi connectivity index (χ3n) is 3.55. The quantitative estimate of drug-likeness (QED) is 0.826. The monoisotopic (exact) mass is 262 g/mol. The van der Waals surface area contributed by atoms with Gasteiger partial charge in [0, 0.05) is 19.6 Å². The van der Waals surface area contributed by atoms with Gasteiger partial charge in [-0.15, -0.1) is 0 Å². The molecule has 19 heavy (non-hydrogen) atoms. The van der Waals surface area contributed by atoms with E-state index in [1.807, 2.05) is 0 Å². The minimum absolute atomic E-state index is 0.818. The lowest BCUT2D eigenvalue weighted by molar-refractivity contribution is 0.309. The smallest absolute Gasteiger partial charge is 0.142 e. The number of unbranched alkanes of at least 4 members (excludes halogenated alkanes) is 1. The maximum Gasteiger partial charge on any atom is 0.142 e. The number of nitrogens with zero attached hydrogens (tertiary/aromatic N) is 1. The van der Waals surface area contributed by atoms with E-state index in [9.17, 15) is 0 Å². The van der Waals surface area contributed by atoms with E-state index in [1.54, 1.807) is 0 Å². The van der Waals surface area contributed by atoms with Gasteiger partial charge in [-0.1, -0.05) is 19.4 Å². The highest BCUT2D eigenvalue weighted by Crippen LogP contribution is 2.30. The molecule has 1 heterocycles. The maximum atomic E-state index is 5.96. The Bertz CT molecular complexity index is 384. The standard InChI is InChI=1S/C16H26N2O/c1-3-4-12-19-16-7-6-14(2)13-15(16)18-10-5-8-17-9-11-18/h6-7,13,17H,3-5,8-12H2,1-2H3. The van der Waals surface area contributed by atoms with Gasteiger partial charge in [0.2, 0.25) is 0 Å². The first-order valence-electron chi connectivity index (χ1n) is 7.50. The zero-order chi connectivity index (χ0) is 13.5. The molecule has 0 radical (unpaired) electrons. The lowest BCUT2D eigenvalue weighted by atomic mass is 10.2. The number of hydrogen-bond acceptors (Lipinski definition) is 3. The molecule has 1 fully saturated rings. The molecular formula is C16H26N2O. The van der Waals surface area contributed by atoms with Gasteiger partial charge in [-0.05, 0) is 44.0 Å². The third-order valence-corrected chi connectivity index (χ3v) is 3.55. The first kappa shape index (κ1) is 14.2. The molecule has 1 aliphatic rings. The van der Waals surface area contributed by atoms with Gasteiger partial charge in [0.25, 0.3) is 0 Å². The molecule has 0 unspecified atom stereocenters. The van der Waals surface area contributed by atoms with Crippen LogP contribution in [0, 0.1) is 6.92 Å². The fourth-order valence-corrected chi connectivity index (χ4v) is 2.41. The summed E-state index contributed by atoms with van der Waals surface area (Å²) < 4.78 is 5.96. The van der Waals surface area contributed by atoms with Crippen molar-refractivity contribution < 1.29 is 4.74 Å². The fraction of sp³-hybridized carbons (Fsp3) is 0.625. The van der Waals surface area contributed by atoms with Crippen molar-refractivity contribution in [2.45, 2.75) is 33.1 Å². The molecule has 106 valence electrons. The summed E-state index contributed by atoms with van der Waals surface area (Å²) in [6, 6.07) is 6.52. The van der Waals surface area contributed by atoms with Crippen LogP contribution in [0.15, 0.2) is 18.2 Å². The van der Waals surface area contributed by atoms with Crippen LogP contribution in [0.5, 0.6) is 5.75 Å². The number of benzene rings is 1. The van der Waals surface area contributed by atoms with Gasteiger partial charge in [-0.3, -0.25) is 0 Å². The molecule has 0 aliphatic carbocycles. The number of hydrogen-bond donors (Lipinski definition) is 1. The van der Waals surface area contributed by atoms with Crippen molar-refractivity contribution >= 4 is 5.69 Å². The molecule has 0 atom stereocenters. The maximum absolute atomic E-state index is 5.96. The van der Waals surface area contributed by atoms with Crippen molar-refractivity contribution in [3.8, 4) is 5.75 Å². The Morgan fingerprint density at radius 2 is 2.16 bits per heavy atom. The summed E-state index contributed by atoms with van der Waals surface area (Å²) in [5.41, 5.74) is 2.56. The minimum Gasteiger partial charge on any atom is -0.491 e. The Labute approximate surface area is 116 Å². The second-order valence-electron chi connectivity index (χ2n) is 5.26. The first-order valence-corrected chi connectivity index (χ1v) is 7.50. The van der Waals surface area contributed by atoms with Crippen molar-refractivity contribution in [1.29, 1.82) is 0 Å². The van der Waals surface area contributed by atoms with E-state index in [4.69, 9.17) is 4.74 Å². The molecule has 3 nitrogen and oxygen atoms in total. The van der Waals surface area contributed by atoms with Crippen LogP contribution in [0.3, 0.4) is 0 Å². The van der Waals surface area contributed by atoms with Gasteiger partial charge in [0.15, 0.2) is 0 Å². The fourth-order valence-electron chi connectivity index (χ4n) is 2.41. The summed E-state index contributed by atoms with van der Waals surface area (Å²) in [5.74, 6) is 1.04. The van der Waals surface area contributed by atoms with Crippen LogP contribution in [-0.4, -0.2) is 32.8 Å².